The Kier molecular flexibility index (Phi) is 6.90. The summed E-state index contributed by atoms with van der Waals surface area (Å²) in [6, 6.07) is 14.1. The van der Waals surface area contributed by atoms with Crippen LogP contribution in [0.2, 0.25) is 0 Å². The van der Waals surface area contributed by atoms with Crippen molar-refractivity contribution >= 4 is 11.8 Å². The summed E-state index contributed by atoms with van der Waals surface area (Å²) in [6.07, 6.45) is 4.48. The number of aromatic nitrogens is 1. The maximum atomic E-state index is 5.76. The van der Waals surface area contributed by atoms with E-state index in [2.05, 4.69) is 37.2 Å². The van der Waals surface area contributed by atoms with E-state index in [1.165, 1.54) is 12.8 Å². The molecule has 2 heterocycles. The number of anilines is 1. The van der Waals surface area contributed by atoms with Crippen molar-refractivity contribution in [1.29, 1.82) is 0 Å². The van der Waals surface area contributed by atoms with Crippen LogP contribution in [-0.2, 0) is 6.54 Å². The minimum Gasteiger partial charge on any atom is -0.492 e. The van der Waals surface area contributed by atoms with Gasteiger partial charge in [0.1, 0.15) is 18.2 Å². The standard InChI is InChI=1S/C21H29N5O/c1-22-21(25(2)14-15-27-19-8-4-3-5-9-19)24-17-18-10-11-20(23-16-18)26-12-6-7-13-26/h3-5,8-11,16H,6-7,12-15,17H2,1-2H3,(H,22,24). The Hall–Kier alpha value is -2.76. The van der Waals surface area contributed by atoms with Gasteiger partial charge in [0.05, 0.1) is 6.54 Å². The van der Waals surface area contributed by atoms with E-state index in [1.807, 2.05) is 43.6 Å². The van der Waals surface area contributed by atoms with Crippen LogP contribution in [0.4, 0.5) is 5.82 Å². The molecule has 6 heteroatoms. The second-order valence-electron chi connectivity index (χ2n) is 6.70. The lowest BCUT2D eigenvalue weighted by atomic mass is 10.3. The average molecular weight is 367 g/mol. The summed E-state index contributed by atoms with van der Waals surface area (Å²) in [5.41, 5.74) is 1.15. The molecule has 1 aliphatic heterocycles. The number of hydrogen-bond acceptors (Lipinski definition) is 4. The molecule has 6 nitrogen and oxygen atoms in total. The van der Waals surface area contributed by atoms with Crippen molar-refractivity contribution in [2.24, 2.45) is 4.99 Å². The van der Waals surface area contributed by atoms with E-state index in [9.17, 15) is 0 Å². The smallest absolute Gasteiger partial charge is 0.193 e. The first-order chi connectivity index (χ1) is 13.3. The molecule has 27 heavy (non-hydrogen) atoms. The SMILES string of the molecule is CN=C(NCc1ccc(N2CCCC2)nc1)N(C)CCOc1ccccc1. The molecular weight excluding hydrogens is 338 g/mol. The number of aliphatic imine (C=N–C) groups is 1. The monoisotopic (exact) mass is 367 g/mol. The van der Waals surface area contributed by atoms with Gasteiger partial charge in [0, 0.05) is 39.9 Å². The number of benzene rings is 1. The molecular formula is C21H29N5O. The van der Waals surface area contributed by atoms with Crippen LogP contribution in [0.5, 0.6) is 5.75 Å². The summed E-state index contributed by atoms with van der Waals surface area (Å²) < 4.78 is 5.76. The number of guanidine groups is 1. The molecule has 1 fully saturated rings. The molecule has 0 bridgehead atoms. The molecule has 0 saturated carbocycles. The highest BCUT2D eigenvalue weighted by Gasteiger charge is 2.13. The molecule has 0 radical (unpaired) electrons. The fourth-order valence-electron chi connectivity index (χ4n) is 3.14. The zero-order chi connectivity index (χ0) is 18.9. The average Bonchev–Trinajstić information content (AvgIpc) is 3.25. The molecule has 1 aromatic heterocycles. The van der Waals surface area contributed by atoms with Gasteiger partial charge in [-0.3, -0.25) is 4.99 Å². The fourth-order valence-corrected chi connectivity index (χ4v) is 3.14. The molecule has 3 rings (SSSR count). The van der Waals surface area contributed by atoms with E-state index in [4.69, 9.17) is 4.74 Å². The Morgan fingerprint density at radius 3 is 2.63 bits per heavy atom. The van der Waals surface area contributed by atoms with Gasteiger partial charge in [-0.25, -0.2) is 4.98 Å². The summed E-state index contributed by atoms with van der Waals surface area (Å²) in [5, 5.41) is 3.39. The number of nitrogens with one attached hydrogen (secondary N) is 1. The lowest BCUT2D eigenvalue weighted by Crippen LogP contribution is -2.40. The number of likely N-dealkylation sites (N-methyl/N-ethyl adjacent to an activating group) is 1. The first-order valence-electron chi connectivity index (χ1n) is 9.56. The molecule has 1 aliphatic rings. The Balaban J connectivity index is 1.43. The summed E-state index contributed by atoms with van der Waals surface area (Å²) in [5.74, 6) is 2.81. The third kappa shape index (κ3) is 5.61. The summed E-state index contributed by atoms with van der Waals surface area (Å²) in [6.45, 7) is 4.29. The van der Waals surface area contributed by atoms with Crippen molar-refractivity contribution in [2.75, 3.05) is 45.2 Å². The first-order valence-corrected chi connectivity index (χ1v) is 9.56. The highest BCUT2D eigenvalue weighted by atomic mass is 16.5. The first kappa shape index (κ1) is 19.0. The minimum absolute atomic E-state index is 0.604. The van der Waals surface area contributed by atoms with Gasteiger partial charge in [0.25, 0.3) is 0 Å². The predicted molar refractivity (Wildman–Crippen MR) is 110 cm³/mol. The molecule has 0 spiro atoms. The highest BCUT2D eigenvalue weighted by Crippen LogP contribution is 2.17. The molecule has 1 saturated heterocycles. The zero-order valence-electron chi connectivity index (χ0n) is 16.3. The number of nitrogens with zero attached hydrogens (tertiary/aromatic N) is 4. The molecule has 2 aromatic rings. The molecule has 1 aromatic carbocycles. The quantitative estimate of drug-likeness (QED) is 0.602. The molecule has 1 N–H and O–H groups in total. The van der Waals surface area contributed by atoms with Crippen molar-refractivity contribution in [3.63, 3.8) is 0 Å². The van der Waals surface area contributed by atoms with Crippen molar-refractivity contribution in [3.8, 4) is 5.75 Å². The lowest BCUT2D eigenvalue weighted by molar-refractivity contribution is 0.281. The maximum absolute atomic E-state index is 5.76. The molecule has 0 atom stereocenters. The Bertz CT molecular complexity index is 711. The van der Waals surface area contributed by atoms with Crippen LogP contribution in [0, 0.1) is 0 Å². The zero-order valence-corrected chi connectivity index (χ0v) is 16.3. The second-order valence-corrected chi connectivity index (χ2v) is 6.70. The van der Waals surface area contributed by atoms with Crippen LogP contribution in [0.15, 0.2) is 53.7 Å². The largest absolute Gasteiger partial charge is 0.492 e. The van der Waals surface area contributed by atoms with Gasteiger partial charge in [-0.05, 0) is 36.6 Å². The van der Waals surface area contributed by atoms with Crippen LogP contribution in [-0.4, -0.2) is 56.2 Å². The summed E-state index contributed by atoms with van der Waals surface area (Å²) in [7, 11) is 3.81. The lowest BCUT2D eigenvalue weighted by Gasteiger charge is -2.22. The molecule has 0 unspecified atom stereocenters. The van der Waals surface area contributed by atoms with Crippen molar-refractivity contribution in [1.82, 2.24) is 15.2 Å². The normalized spacial score (nSPS) is 14.3. The van der Waals surface area contributed by atoms with Crippen LogP contribution in [0.3, 0.4) is 0 Å². The van der Waals surface area contributed by atoms with E-state index in [0.717, 1.165) is 42.7 Å². The van der Waals surface area contributed by atoms with E-state index in [-0.39, 0.29) is 0 Å². The highest BCUT2D eigenvalue weighted by molar-refractivity contribution is 5.79. The van der Waals surface area contributed by atoms with Gasteiger partial charge in [-0.1, -0.05) is 24.3 Å². The van der Waals surface area contributed by atoms with Gasteiger partial charge in [-0.15, -0.1) is 0 Å². The number of para-hydroxylation sites is 1. The van der Waals surface area contributed by atoms with Gasteiger partial charge < -0.3 is 19.9 Å². The van der Waals surface area contributed by atoms with Gasteiger partial charge >= 0.3 is 0 Å². The molecule has 144 valence electrons. The van der Waals surface area contributed by atoms with Crippen molar-refractivity contribution < 1.29 is 4.74 Å². The third-order valence-electron chi connectivity index (χ3n) is 4.70. The van der Waals surface area contributed by atoms with E-state index in [0.29, 0.717) is 13.2 Å². The predicted octanol–water partition coefficient (Wildman–Crippen LogP) is 2.77. The number of rotatable bonds is 7. The number of ether oxygens (including phenoxy) is 1. The van der Waals surface area contributed by atoms with Crippen LogP contribution >= 0.6 is 0 Å². The Morgan fingerprint density at radius 2 is 1.96 bits per heavy atom. The second kappa shape index (κ2) is 9.80. The van der Waals surface area contributed by atoms with E-state index in [1.54, 1.807) is 7.05 Å². The topological polar surface area (TPSA) is 53.0 Å². The summed E-state index contributed by atoms with van der Waals surface area (Å²) in [4.78, 5) is 13.4. The van der Waals surface area contributed by atoms with Gasteiger partial charge in [0.2, 0.25) is 0 Å². The summed E-state index contributed by atoms with van der Waals surface area (Å²) >= 11 is 0. The van der Waals surface area contributed by atoms with Crippen molar-refractivity contribution in [3.05, 3.63) is 54.2 Å². The number of hydrogen-bond donors (Lipinski definition) is 1. The Morgan fingerprint density at radius 1 is 1.19 bits per heavy atom. The van der Waals surface area contributed by atoms with Crippen LogP contribution < -0.4 is 15.0 Å². The van der Waals surface area contributed by atoms with Crippen molar-refractivity contribution in [2.45, 2.75) is 19.4 Å². The molecule has 0 aliphatic carbocycles. The van der Waals surface area contributed by atoms with Crippen LogP contribution in [0.1, 0.15) is 18.4 Å². The fraction of sp³-hybridized carbons (Fsp3) is 0.429. The van der Waals surface area contributed by atoms with Gasteiger partial charge in [0.15, 0.2) is 5.96 Å². The molecule has 0 amide bonds. The van der Waals surface area contributed by atoms with Crippen LogP contribution in [0.25, 0.3) is 0 Å². The van der Waals surface area contributed by atoms with E-state index < -0.39 is 0 Å². The Labute approximate surface area is 161 Å². The maximum Gasteiger partial charge on any atom is 0.193 e. The number of pyridine rings is 1. The van der Waals surface area contributed by atoms with Gasteiger partial charge in [-0.2, -0.15) is 0 Å². The third-order valence-corrected chi connectivity index (χ3v) is 4.70. The minimum atomic E-state index is 0.604. The van der Waals surface area contributed by atoms with E-state index >= 15 is 0 Å².